The molecule has 0 aromatic carbocycles. The van der Waals surface area contributed by atoms with Crippen molar-refractivity contribution in [3.63, 3.8) is 0 Å². The molecule has 1 atom stereocenters. The lowest BCUT2D eigenvalue weighted by atomic mass is 10.1. The molecule has 0 aliphatic carbocycles. The van der Waals surface area contributed by atoms with E-state index in [1.165, 1.54) is 32.1 Å². The average Bonchev–Trinajstić information content (AvgIpc) is 2.16. The summed E-state index contributed by atoms with van der Waals surface area (Å²) in [5, 5.41) is 3.39. The molecule has 13 heavy (non-hydrogen) atoms. The van der Waals surface area contributed by atoms with Crippen LogP contribution in [-0.4, -0.2) is 26.3 Å². The minimum atomic E-state index is 0.343. The van der Waals surface area contributed by atoms with E-state index in [9.17, 15) is 0 Å². The maximum absolute atomic E-state index is 5.13. The SMILES string of the molecule is CCCCCCCNCC(C)OC. The molecular formula is C11H25NO. The molecule has 0 saturated heterocycles. The van der Waals surface area contributed by atoms with E-state index in [0.717, 1.165) is 13.1 Å². The second kappa shape index (κ2) is 10.0. The van der Waals surface area contributed by atoms with Crippen molar-refractivity contribution in [2.75, 3.05) is 20.2 Å². The Morgan fingerprint density at radius 2 is 1.85 bits per heavy atom. The van der Waals surface area contributed by atoms with Crippen LogP contribution in [0.5, 0.6) is 0 Å². The standard InChI is InChI=1S/C11H25NO/c1-4-5-6-7-8-9-12-10-11(2)13-3/h11-12H,4-10H2,1-3H3. The highest BCUT2D eigenvalue weighted by atomic mass is 16.5. The normalized spacial score (nSPS) is 13.2. The second-order valence-corrected chi connectivity index (χ2v) is 3.66. The van der Waals surface area contributed by atoms with Crippen LogP contribution in [0.15, 0.2) is 0 Å². The van der Waals surface area contributed by atoms with Crippen molar-refractivity contribution in [2.45, 2.75) is 52.1 Å². The van der Waals surface area contributed by atoms with Crippen molar-refractivity contribution >= 4 is 0 Å². The molecule has 0 aromatic rings. The molecule has 0 rings (SSSR count). The predicted molar refractivity (Wildman–Crippen MR) is 58.1 cm³/mol. The van der Waals surface area contributed by atoms with Crippen LogP contribution < -0.4 is 5.32 Å². The summed E-state index contributed by atoms with van der Waals surface area (Å²) in [7, 11) is 1.76. The number of rotatable bonds is 9. The summed E-state index contributed by atoms with van der Waals surface area (Å²) < 4.78 is 5.13. The fraction of sp³-hybridized carbons (Fsp3) is 1.00. The highest BCUT2D eigenvalue weighted by Gasteiger charge is 1.96. The summed E-state index contributed by atoms with van der Waals surface area (Å²) in [5.74, 6) is 0. The van der Waals surface area contributed by atoms with E-state index < -0.39 is 0 Å². The van der Waals surface area contributed by atoms with E-state index >= 15 is 0 Å². The van der Waals surface area contributed by atoms with Gasteiger partial charge in [0.2, 0.25) is 0 Å². The van der Waals surface area contributed by atoms with Crippen LogP contribution in [0, 0.1) is 0 Å². The van der Waals surface area contributed by atoms with E-state index in [4.69, 9.17) is 4.74 Å². The molecule has 0 spiro atoms. The average molecular weight is 187 g/mol. The summed E-state index contributed by atoms with van der Waals surface area (Å²) in [6, 6.07) is 0. The second-order valence-electron chi connectivity index (χ2n) is 3.66. The first kappa shape index (κ1) is 12.9. The first-order valence-corrected chi connectivity index (χ1v) is 5.54. The Hall–Kier alpha value is -0.0800. The van der Waals surface area contributed by atoms with E-state index in [1.54, 1.807) is 7.11 Å². The smallest absolute Gasteiger partial charge is 0.0667 e. The van der Waals surface area contributed by atoms with Gasteiger partial charge in [0.1, 0.15) is 0 Å². The van der Waals surface area contributed by atoms with Crippen molar-refractivity contribution in [1.82, 2.24) is 5.32 Å². The Balaban J connectivity index is 2.91. The van der Waals surface area contributed by atoms with Crippen molar-refractivity contribution in [2.24, 2.45) is 0 Å². The van der Waals surface area contributed by atoms with Crippen LogP contribution in [0.4, 0.5) is 0 Å². The molecule has 1 unspecified atom stereocenters. The zero-order valence-corrected chi connectivity index (χ0v) is 9.44. The van der Waals surface area contributed by atoms with Crippen LogP contribution >= 0.6 is 0 Å². The fourth-order valence-corrected chi connectivity index (χ4v) is 1.24. The number of methoxy groups -OCH3 is 1. The van der Waals surface area contributed by atoms with E-state index in [0.29, 0.717) is 6.10 Å². The number of unbranched alkanes of at least 4 members (excludes halogenated alkanes) is 4. The van der Waals surface area contributed by atoms with Gasteiger partial charge in [0.05, 0.1) is 6.10 Å². The number of hydrogen-bond acceptors (Lipinski definition) is 2. The largest absolute Gasteiger partial charge is 0.380 e. The van der Waals surface area contributed by atoms with Gasteiger partial charge in [-0.25, -0.2) is 0 Å². The molecule has 0 fully saturated rings. The third-order valence-electron chi connectivity index (χ3n) is 2.29. The van der Waals surface area contributed by atoms with Crippen molar-refractivity contribution in [3.8, 4) is 0 Å². The topological polar surface area (TPSA) is 21.3 Å². The first-order chi connectivity index (χ1) is 6.31. The van der Waals surface area contributed by atoms with Gasteiger partial charge in [-0.05, 0) is 19.9 Å². The first-order valence-electron chi connectivity index (χ1n) is 5.54. The molecule has 1 N–H and O–H groups in total. The lowest BCUT2D eigenvalue weighted by molar-refractivity contribution is 0.117. The lowest BCUT2D eigenvalue weighted by Gasteiger charge is -2.10. The molecule has 0 aliphatic heterocycles. The summed E-state index contributed by atoms with van der Waals surface area (Å²) in [6.07, 6.45) is 7.11. The molecule has 0 aliphatic rings. The van der Waals surface area contributed by atoms with E-state index in [1.807, 2.05) is 0 Å². The third kappa shape index (κ3) is 9.84. The Labute approximate surface area is 83.1 Å². The fourth-order valence-electron chi connectivity index (χ4n) is 1.24. The molecular weight excluding hydrogens is 162 g/mol. The molecule has 0 amide bonds. The number of ether oxygens (including phenoxy) is 1. The maximum Gasteiger partial charge on any atom is 0.0667 e. The molecule has 2 heteroatoms. The number of nitrogens with one attached hydrogen (secondary N) is 1. The molecule has 0 saturated carbocycles. The van der Waals surface area contributed by atoms with Crippen LogP contribution in [0.2, 0.25) is 0 Å². The van der Waals surface area contributed by atoms with Gasteiger partial charge in [-0.2, -0.15) is 0 Å². The van der Waals surface area contributed by atoms with Gasteiger partial charge in [-0.3, -0.25) is 0 Å². The molecule has 80 valence electrons. The Kier molecular flexibility index (Phi) is 9.94. The molecule has 0 radical (unpaired) electrons. The Morgan fingerprint density at radius 3 is 2.46 bits per heavy atom. The van der Waals surface area contributed by atoms with Crippen LogP contribution in [0.1, 0.15) is 46.0 Å². The van der Waals surface area contributed by atoms with Gasteiger partial charge >= 0.3 is 0 Å². The summed E-state index contributed by atoms with van der Waals surface area (Å²) in [6.45, 7) is 6.45. The maximum atomic E-state index is 5.13. The van der Waals surface area contributed by atoms with Gasteiger partial charge in [0, 0.05) is 13.7 Å². The molecule has 0 heterocycles. The highest BCUT2D eigenvalue weighted by Crippen LogP contribution is 2.00. The quantitative estimate of drug-likeness (QED) is 0.560. The summed E-state index contributed by atoms with van der Waals surface area (Å²) in [4.78, 5) is 0. The van der Waals surface area contributed by atoms with Crippen molar-refractivity contribution in [1.29, 1.82) is 0 Å². The zero-order chi connectivity index (χ0) is 9.94. The molecule has 2 nitrogen and oxygen atoms in total. The zero-order valence-electron chi connectivity index (χ0n) is 9.44. The van der Waals surface area contributed by atoms with Gasteiger partial charge in [-0.1, -0.05) is 32.6 Å². The van der Waals surface area contributed by atoms with Crippen molar-refractivity contribution < 1.29 is 4.74 Å². The Morgan fingerprint density at radius 1 is 1.15 bits per heavy atom. The van der Waals surface area contributed by atoms with E-state index in [2.05, 4.69) is 19.2 Å². The highest BCUT2D eigenvalue weighted by molar-refractivity contribution is 4.54. The monoisotopic (exact) mass is 187 g/mol. The summed E-state index contributed by atoms with van der Waals surface area (Å²) in [5.41, 5.74) is 0. The van der Waals surface area contributed by atoms with Gasteiger partial charge in [0.15, 0.2) is 0 Å². The van der Waals surface area contributed by atoms with Crippen LogP contribution in [-0.2, 0) is 4.74 Å². The Bertz CT molecular complexity index is 96.1. The van der Waals surface area contributed by atoms with Crippen molar-refractivity contribution in [3.05, 3.63) is 0 Å². The van der Waals surface area contributed by atoms with Gasteiger partial charge < -0.3 is 10.1 Å². The lowest BCUT2D eigenvalue weighted by Crippen LogP contribution is -2.26. The van der Waals surface area contributed by atoms with Gasteiger partial charge in [0.25, 0.3) is 0 Å². The molecule has 0 bridgehead atoms. The molecule has 0 aromatic heterocycles. The minimum Gasteiger partial charge on any atom is -0.380 e. The summed E-state index contributed by atoms with van der Waals surface area (Å²) >= 11 is 0. The third-order valence-corrected chi connectivity index (χ3v) is 2.29. The van der Waals surface area contributed by atoms with Crippen LogP contribution in [0.25, 0.3) is 0 Å². The van der Waals surface area contributed by atoms with Crippen LogP contribution in [0.3, 0.4) is 0 Å². The van der Waals surface area contributed by atoms with E-state index in [-0.39, 0.29) is 0 Å². The predicted octanol–water partition coefficient (Wildman–Crippen LogP) is 2.58. The minimum absolute atomic E-state index is 0.343. The van der Waals surface area contributed by atoms with Gasteiger partial charge in [-0.15, -0.1) is 0 Å². The number of hydrogen-bond donors (Lipinski definition) is 1.